The third-order valence-electron chi connectivity index (χ3n) is 11.9. The van der Waals surface area contributed by atoms with E-state index >= 15 is 0 Å². The molecule has 0 saturated heterocycles. The van der Waals surface area contributed by atoms with Gasteiger partial charge in [-0.05, 0) is 129 Å². The molecule has 0 unspecified atom stereocenters. The van der Waals surface area contributed by atoms with Crippen molar-refractivity contribution in [1.29, 1.82) is 0 Å². The van der Waals surface area contributed by atoms with E-state index in [0.717, 1.165) is 97.8 Å². The highest BCUT2D eigenvalue weighted by molar-refractivity contribution is 7.17. The van der Waals surface area contributed by atoms with Crippen LogP contribution in [-0.4, -0.2) is 78.3 Å². The molecule has 0 atom stereocenters. The molecule has 3 amide bonds. The fraction of sp³-hybridized carbons (Fsp3) is 0.460. The molecule has 1 fully saturated rings. The van der Waals surface area contributed by atoms with Gasteiger partial charge in [-0.2, -0.15) is 0 Å². The number of nitrogens with one attached hydrogen (secondary N) is 2. The summed E-state index contributed by atoms with van der Waals surface area (Å²) < 4.78 is 9.99. The van der Waals surface area contributed by atoms with Crippen LogP contribution in [0.4, 0.5) is 10.7 Å². The van der Waals surface area contributed by atoms with Crippen molar-refractivity contribution in [2.75, 3.05) is 37.4 Å². The third kappa shape index (κ3) is 12.6. The number of rotatable bonds is 22. The fourth-order valence-corrected chi connectivity index (χ4v) is 9.53. The molecule has 11 nitrogen and oxygen atoms in total. The first kappa shape index (κ1) is 46.2. The summed E-state index contributed by atoms with van der Waals surface area (Å²) in [5.41, 5.74) is 6.52. The summed E-state index contributed by atoms with van der Waals surface area (Å²) in [5.74, 6) is -1.18. The van der Waals surface area contributed by atoms with Gasteiger partial charge in [-0.1, -0.05) is 57.2 Å². The van der Waals surface area contributed by atoms with Gasteiger partial charge < -0.3 is 25.0 Å². The second-order valence-corrected chi connectivity index (χ2v) is 17.5. The van der Waals surface area contributed by atoms with Crippen molar-refractivity contribution in [2.24, 2.45) is 0 Å². The number of aryl methyl sites for hydroxylation is 3. The van der Waals surface area contributed by atoms with Crippen molar-refractivity contribution < 1.29 is 33.4 Å². The highest BCUT2D eigenvalue weighted by Gasteiger charge is 2.33. The summed E-state index contributed by atoms with van der Waals surface area (Å²) >= 11 is 1.50. The quantitative estimate of drug-likeness (QED) is 0.0747. The average molecular weight is 863 g/mol. The number of anilines is 2. The maximum absolute atomic E-state index is 14.0. The predicted molar refractivity (Wildman–Crippen MR) is 245 cm³/mol. The van der Waals surface area contributed by atoms with Crippen LogP contribution in [0.5, 0.6) is 0 Å². The molecular weight excluding hydrogens is 801 g/mol. The van der Waals surface area contributed by atoms with Crippen molar-refractivity contribution in [3.05, 3.63) is 117 Å². The van der Waals surface area contributed by atoms with E-state index in [1.54, 1.807) is 12.1 Å². The van der Waals surface area contributed by atoms with E-state index in [-0.39, 0.29) is 48.5 Å². The summed E-state index contributed by atoms with van der Waals surface area (Å²) in [5, 5.41) is 6.81. The van der Waals surface area contributed by atoms with Gasteiger partial charge in [0.25, 0.3) is 11.8 Å². The number of hydrogen-bond donors (Lipinski definition) is 2. The SMILES string of the molecule is CCCOC(=O)CCC(=O)N(CCN(Cc1cccc(C(=O)Nc2sc3c(c2C(=O)Nc2ccc(CCc4ccc(C(=O)OC)cc4)cc2)CCCC3)c1)C(CC)CC)C1CC1. The highest BCUT2D eigenvalue weighted by atomic mass is 32.1. The lowest BCUT2D eigenvalue weighted by Gasteiger charge is -2.33. The molecule has 1 aromatic heterocycles. The van der Waals surface area contributed by atoms with Crippen LogP contribution in [0, 0.1) is 0 Å². The van der Waals surface area contributed by atoms with E-state index in [4.69, 9.17) is 9.47 Å². The van der Waals surface area contributed by atoms with E-state index in [1.807, 2.05) is 72.5 Å². The number of ether oxygens (including phenoxy) is 2. The number of esters is 2. The summed E-state index contributed by atoms with van der Waals surface area (Å²) in [7, 11) is 1.37. The smallest absolute Gasteiger partial charge is 0.337 e. The van der Waals surface area contributed by atoms with Crippen molar-refractivity contribution in [3.63, 3.8) is 0 Å². The summed E-state index contributed by atoms with van der Waals surface area (Å²) in [6.07, 6.45) is 10.2. The van der Waals surface area contributed by atoms with E-state index < -0.39 is 0 Å². The number of methoxy groups -OCH3 is 1. The van der Waals surface area contributed by atoms with Crippen molar-refractivity contribution in [3.8, 4) is 0 Å². The first-order valence-electron chi connectivity index (χ1n) is 22.4. The predicted octanol–water partition coefficient (Wildman–Crippen LogP) is 9.42. The topological polar surface area (TPSA) is 134 Å². The Bertz CT molecular complexity index is 2160. The second-order valence-electron chi connectivity index (χ2n) is 16.4. The van der Waals surface area contributed by atoms with Crippen molar-refractivity contribution >= 4 is 51.7 Å². The van der Waals surface area contributed by atoms with Gasteiger partial charge in [0.2, 0.25) is 5.91 Å². The molecule has 12 heteroatoms. The van der Waals surface area contributed by atoms with Crippen LogP contribution < -0.4 is 10.6 Å². The lowest BCUT2D eigenvalue weighted by atomic mass is 9.95. The minimum Gasteiger partial charge on any atom is -0.466 e. The van der Waals surface area contributed by atoms with Gasteiger partial charge in [-0.25, -0.2) is 4.79 Å². The fourth-order valence-electron chi connectivity index (χ4n) is 8.25. The Labute approximate surface area is 370 Å². The number of hydrogen-bond acceptors (Lipinski definition) is 9. The molecule has 1 heterocycles. The number of benzene rings is 3. The molecule has 3 aromatic carbocycles. The van der Waals surface area contributed by atoms with Crippen molar-refractivity contribution in [1.82, 2.24) is 9.80 Å². The molecule has 6 rings (SSSR count). The van der Waals surface area contributed by atoms with Crippen LogP contribution >= 0.6 is 11.3 Å². The second kappa shape index (κ2) is 22.7. The Balaban J connectivity index is 1.09. The third-order valence-corrected chi connectivity index (χ3v) is 13.1. The summed E-state index contributed by atoms with van der Waals surface area (Å²) in [6.45, 7) is 8.56. The minimum atomic E-state index is -0.353. The molecule has 62 heavy (non-hydrogen) atoms. The number of nitrogens with zero attached hydrogens (tertiary/aromatic N) is 2. The maximum atomic E-state index is 14.0. The van der Waals surface area contributed by atoms with Gasteiger partial charge in [0.05, 0.1) is 31.3 Å². The van der Waals surface area contributed by atoms with Gasteiger partial charge in [0, 0.05) is 54.3 Å². The van der Waals surface area contributed by atoms with Crippen LogP contribution in [0.15, 0.2) is 72.8 Å². The minimum absolute atomic E-state index is 0.000595. The van der Waals surface area contributed by atoms with E-state index in [9.17, 15) is 24.0 Å². The summed E-state index contributed by atoms with van der Waals surface area (Å²) in [6, 6.07) is 23.5. The van der Waals surface area contributed by atoms with Crippen LogP contribution in [0.3, 0.4) is 0 Å². The molecule has 0 spiro atoms. The molecule has 2 N–H and O–H groups in total. The number of thiophene rings is 1. The zero-order valence-corrected chi connectivity index (χ0v) is 37.6. The van der Waals surface area contributed by atoms with Gasteiger partial charge in [0.1, 0.15) is 5.00 Å². The molecule has 330 valence electrons. The molecule has 0 aliphatic heterocycles. The highest BCUT2D eigenvalue weighted by Crippen LogP contribution is 2.39. The standard InChI is InChI=1S/C50H62N4O7S/c1-5-31-61-45(56)28-27-44(55)54(41-25-26-41)30-29-53(40(6-2)7-3)33-36-11-10-12-38(32-36)47(57)52-49-46(42-13-8-9-14-43(42)62-49)48(58)51-39-23-19-35(20-24-39)16-15-34-17-21-37(22-18-34)50(59)60-4/h10-12,17-24,32,40-41H,5-9,13-16,25-31,33H2,1-4H3,(H,51,58)(H,52,57). The van der Waals surface area contributed by atoms with Gasteiger partial charge in [-0.3, -0.25) is 24.1 Å². The Morgan fingerprint density at radius 3 is 2.13 bits per heavy atom. The van der Waals surface area contributed by atoms with E-state index in [2.05, 4.69) is 29.4 Å². The first-order chi connectivity index (χ1) is 30.1. The maximum Gasteiger partial charge on any atom is 0.337 e. The molecule has 2 aliphatic rings. The summed E-state index contributed by atoms with van der Waals surface area (Å²) in [4.78, 5) is 70.7. The first-order valence-corrected chi connectivity index (χ1v) is 23.2. The molecule has 1 saturated carbocycles. The van der Waals surface area contributed by atoms with Crippen LogP contribution in [0.25, 0.3) is 0 Å². The van der Waals surface area contributed by atoms with Crippen molar-refractivity contribution in [2.45, 2.75) is 123 Å². The normalized spacial score (nSPS) is 13.4. The average Bonchev–Trinajstić information content (AvgIpc) is 4.07. The zero-order valence-electron chi connectivity index (χ0n) is 36.8. The molecule has 2 aliphatic carbocycles. The molecule has 0 bridgehead atoms. The zero-order chi connectivity index (χ0) is 44.0. The largest absolute Gasteiger partial charge is 0.466 e. The number of carbonyl (C=O) groups excluding carboxylic acids is 5. The van der Waals surface area contributed by atoms with E-state index in [0.29, 0.717) is 59.7 Å². The van der Waals surface area contributed by atoms with Crippen LogP contribution in [-0.2, 0) is 51.3 Å². The van der Waals surface area contributed by atoms with Crippen LogP contribution in [0.2, 0.25) is 0 Å². The Hall–Kier alpha value is -5.33. The van der Waals surface area contributed by atoms with Crippen LogP contribution in [0.1, 0.15) is 137 Å². The van der Waals surface area contributed by atoms with Gasteiger partial charge >= 0.3 is 11.9 Å². The number of fused-ring (bicyclic) bond motifs is 1. The molecular formula is C50H62N4O7S. The number of amides is 3. The Morgan fingerprint density at radius 1 is 0.774 bits per heavy atom. The monoisotopic (exact) mass is 862 g/mol. The molecule has 0 radical (unpaired) electrons. The Kier molecular flexibility index (Phi) is 16.9. The number of carbonyl (C=O) groups is 5. The Morgan fingerprint density at radius 2 is 1.47 bits per heavy atom. The van der Waals surface area contributed by atoms with Gasteiger partial charge in [0.15, 0.2) is 0 Å². The lowest BCUT2D eigenvalue weighted by molar-refractivity contribution is -0.146. The van der Waals surface area contributed by atoms with Gasteiger partial charge in [-0.15, -0.1) is 11.3 Å². The molecule has 4 aromatic rings. The lowest BCUT2D eigenvalue weighted by Crippen LogP contribution is -2.43. The van der Waals surface area contributed by atoms with E-state index in [1.165, 1.54) is 18.4 Å².